The third-order valence-corrected chi connectivity index (χ3v) is 2.85. The van der Waals surface area contributed by atoms with Gasteiger partial charge in [0.1, 0.15) is 0 Å². The number of likely N-dealkylation sites (N-methyl/N-ethyl adjacent to an activating group) is 1. The fourth-order valence-electron chi connectivity index (χ4n) is 1.93. The summed E-state index contributed by atoms with van der Waals surface area (Å²) in [6, 6.07) is 0. The number of hydrogen-bond donors (Lipinski definition) is 1. The van der Waals surface area contributed by atoms with Crippen molar-refractivity contribution >= 4 is 5.91 Å². The van der Waals surface area contributed by atoms with Crippen molar-refractivity contribution in [1.82, 2.24) is 10.2 Å². The summed E-state index contributed by atoms with van der Waals surface area (Å²) in [5.74, 6) is 0.696. The van der Waals surface area contributed by atoms with Crippen LogP contribution in [0.25, 0.3) is 0 Å². The lowest BCUT2D eigenvalue weighted by atomic mass is 9.99. The molecule has 0 aromatic carbocycles. The van der Waals surface area contributed by atoms with Crippen LogP contribution in [0.5, 0.6) is 0 Å². The lowest BCUT2D eigenvalue weighted by Gasteiger charge is -2.27. The van der Waals surface area contributed by atoms with E-state index in [1.165, 1.54) is 12.8 Å². The van der Waals surface area contributed by atoms with E-state index in [0.717, 1.165) is 19.6 Å². The molecule has 0 aromatic heterocycles. The van der Waals surface area contributed by atoms with E-state index in [1.807, 2.05) is 26.1 Å². The van der Waals surface area contributed by atoms with Crippen LogP contribution in [-0.4, -0.2) is 37.5 Å². The van der Waals surface area contributed by atoms with Crippen LogP contribution in [-0.2, 0) is 4.79 Å². The summed E-state index contributed by atoms with van der Waals surface area (Å²) in [4.78, 5) is 13.5. The smallest absolute Gasteiger partial charge is 0.246 e. The van der Waals surface area contributed by atoms with E-state index < -0.39 is 0 Å². The lowest BCUT2D eigenvalue weighted by molar-refractivity contribution is -0.125. The first kappa shape index (κ1) is 13.0. The standard InChI is InChI=1S/C13H22N2O/c1-3-4-5-8-13(16)15(2)11-12-7-6-9-14-10-12/h3-5,8,12,14H,6-7,9-11H2,1-2H3. The second kappa shape index (κ2) is 7.23. The molecule has 3 nitrogen and oxygen atoms in total. The second-order valence-corrected chi connectivity index (χ2v) is 4.32. The molecule has 1 fully saturated rings. The van der Waals surface area contributed by atoms with E-state index in [9.17, 15) is 4.79 Å². The normalized spacial score (nSPS) is 21.8. The largest absolute Gasteiger partial charge is 0.342 e. The van der Waals surface area contributed by atoms with Crippen molar-refractivity contribution in [3.63, 3.8) is 0 Å². The highest BCUT2D eigenvalue weighted by molar-refractivity contribution is 5.87. The van der Waals surface area contributed by atoms with Gasteiger partial charge in [-0.3, -0.25) is 4.79 Å². The van der Waals surface area contributed by atoms with E-state index in [4.69, 9.17) is 0 Å². The Hall–Kier alpha value is -1.09. The van der Waals surface area contributed by atoms with Crippen molar-refractivity contribution in [3.05, 3.63) is 24.3 Å². The van der Waals surface area contributed by atoms with Crippen LogP contribution in [0.3, 0.4) is 0 Å². The molecule has 1 N–H and O–H groups in total. The molecule has 16 heavy (non-hydrogen) atoms. The van der Waals surface area contributed by atoms with E-state index in [2.05, 4.69) is 5.32 Å². The molecular weight excluding hydrogens is 200 g/mol. The van der Waals surface area contributed by atoms with Gasteiger partial charge in [-0.25, -0.2) is 0 Å². The predicted molar refractivity (Wildman–Crippen MR) is 67.2 cm³/mol. The Morgan fingerprint density at radius 1 is 1.50 bits per heavy atom. The highest BCUT2D eigenvalue weighted by Crippen LogP contribution is 2.11. The number of nitrogens with zero attached hydrogens (tertiary/aromatic N) is 1. The first-order chi connectivity index (χ1) is 7.74. The monoisotopic (exact) mass is 222 g/mol. The zero-order valence-electron chi connectivity index (χ0n) is 10.3. The minimum atomic E-state index is 0.0867. The number of piperidine rings is 1. The molecule has 1 atom stereocenters. The molecule has 90 valence electrons. The maximum Gasteiger partial charge on any atom is 0.246 e. The molecule has 0 aliphatic carbocycles. The van der Waals surface area contributed by atoms with Gasteiger partial charge in [-0.05, 0) is 38.8 Å². The van der Waals surface area contributed by atoms with Crippen molar-refractivity contribution in [2.45, 2.75) is 19.8 Å². The van der Waals surface area contributed by atoms with Crippen LogP contribution in [0.1, 0.15) is 19.8 Å². The zero-order chi connectivity index (χ0) is 11.8. The van der Waals surface area contributed by atoms with Crippen LogP contribution in [0.15, 0.2) is 24.3 Å². The molecule has 1 amide bonds. The first-order valence-corrected chi connectivity index (χ1v) is 5.99. The van der Waals surface area contributed by atoms with Crippen molar-refractivity contribution in [2.75, 3.05) is 26.7 Å². The summed E-state index contributed by atoms with van der Waals surface area (Å²) in [5, 5.41) is 3.36. The molecule has 1 aliphatic rings. The second-order valence-electron chi connectivity index (χ2n) is 4.32. The molecule has 0 spiro atoms. The average molecular weight is 222 g/mol. The van der Waals surface area contributed by atoms with E-state index in [0.29, 0.717) is 5.92 Å². The van der Waals surface area contributed by atoms with Gasteiger partial charge in [-0.1, -0.05) is 18.2 Å². The minimum Gasteiger partial charge on any atom is -0.342 e. The van der Waals surface area contributed by atoms with Crippen LogP contribution in [0, 0.1) is 5.92 Å². The van der Waals surface area contributed by atoms with Gasteiger partial charge in [0.05, 0.1) is 0 Å². The van der Waals surface area contributed by atoms with E-state index in [-0.39, 0.29) is 5.91 Å². The number of nitrogens with one attached hydrogen (secondary N) is 1. The SMILES string of the molecule is CC=CC=CC(=O)N(C)CC1CCCNC1. The third-order valence-electron chi connectivity index (χ3n) is 2.85. The van der Waals surface area contributed by atoms with Gasteiger partial charge < -0.3 is 10.2 Å². The van der Waals surface area contributed by atoms with Crippen LogP contribution >= 0.6 is 0 Å². The van der Waals surface area contributed by atoms with Crippen LogP contribution in [0.2, 0.25) is 0 Å². The Balaban J connectivity index is 2.32. The fraction of sp³-hybridized carbons (Fsp3) is 0.615. The molecule has 0 bridgehead atoms. The van der Waals surface area contributed by atoms with Gasteiger partial charge in [-0.2, -0.15) is 0 Å². The van der Waals surface area contributed by atoms with Crippen molar-refractivity contribution < 1.29 is 4.79 Å². The van der Waals surface area contributed by atoms with Crippen molar-refractivity contribution in [1.29, 1.82) is 0 Å². The fourth-order valence-corrected chi connectivity index (χ4v) is 1.93. The molecule has 1 rings (SSSR count). The Morgan fingerprint density at radius 2 is 2.31 bits per heavy atom. The number of carbonyl (C=O) groups is 1. The summed E-state index contributed by atoms with van der Waals surface area (Å²) in [5.41, 5.74) is 0. The lowest BCUT2D eigenvalue weighted by Crippen LogP contribution is -2.38. The summed E-state index contributed by atoms with van der Waals surface area (Å²) in [7, 11) is 1.87. The summed E-state index contributed by atoms with van der Waals surface area (Å²) in [6.45, 7) is 4.95. The quantitative estimate of drug-likeness (QED) is 0.578. The highest BCUT2D eigenvalue weighted by Gasteiger charge is 2.16. The van der Waals surface area contributed by atoms with Crippen LogP contribution < -0.4 is 5.32 Å². The van der Waals surface area contributed by atoms with Crippen LogP contribution in [0.4, 0.5) is 0 Å². The topological polar surface area (TPSA) is 32.3 Å². The Kier molecular flexibility index (Phi) is 5.86. The summed E-state index contributed by atoms with van der Waals surface area (Å²) in [6.07, 6.45) is 9.64. The minimum absolute atomic E-state index is 0.0867. The molecule has 1 heterocycles. The Labute approximate surface area is 98.2 Å². The molecule has 0 radical (unpaired) electrons. The van der Waals surface area contributed by atoms with Gasteiger partial charge in [0.25, 0.3) is 0 Å². The zero-order valence-corrected chi connectivity index (χ0v) is 10.3. The number of amides is 1. The molecule has 1 unspecified atom stereocenters. The van der Waals surface area contributed by atoms with Gasteiger partial charge in [0.15, 0.2) is 0 Å². The van der Waals surface area contributed by atoms with Gasteiger partial charge in [0, 0.05) is 19.7 Å². The Morgan fingerprint density at radius 3 is 2.94 bits per heavy atom. The maximum atomic E-state index is 11.7. The maximum absolute atomic E-state index is 11.7. The predicted octanol–water partition coefficient (Wildman–Crippen LogP) is 1.58. The van der Waals surface area contributed by atoms with Crippen molar-refractivity contribution in [3.8, 4) is 0 Å². The molecule has 1 saturated heterocycles. The number of rotatable bonds is 4. The summed E-state index contributed by atoms with van der Waals surface area (Å²) < 4.78 is 0. The Bertz CT molecular complexity index is 265. The highest BCUT2D eigenvalue weighted by atomic mass is 16.2. The number of carbonyl (C=O) groups excluding carboxylic acids is 1. The van der Waals surface area contributed by atoms with Crippen molar-refractivity contribution in [2.24, 2.45) is 5.92 Å². The number of allylic oxidation sites excluding steroid dienone is 3. The van der Waals surface area contributed by atoms with Gasteiger partial charge >= 0.3 is 0 Å². The molecule has 1 aliphatic heterocycles. The third kappa shape index (κ3) is 4.62. The molecular formula is C13H22N2O. The van der Waals surface area contributed by atoms with E-state index >= 15 is 0 Å². The van der Waals surface area contributed by atoms with E-state index in [1.54, 1.807) is 17.1 Å². The first-order valence-electron chi connectivity index (χ1n) is 5.99. The molecule has 0 saturated carbocycles. The summed E-state index contributed by atoms with van der Waals surface area (Å²) >= 11 is 0. The number of hydrogen-bond acceptors (Lipinski definition) is 2. The van der Waals surface area contributed by atoms with Gasteiger partial charge in [-0.15, -0.1) is 0 Å². The molecule has 3 heteroatoms. The average Bonchev–Trinajstić information content (AvgIpc) is 2.30. The van der Waals surface area contributed by atoms with Gasteiger partial charge in [0.2, 0.25) is 5.91 Å². The molecule has 0 aromatic rings.